The van der Waals surface area contributed by atoms with E-state index in [0.717, 1.165) is 0 Å². The summed E-state index contributed by atoms with van der Waals surface area (Å²) in [6, 6.07) is 11.8. The van der Waals surface area contributed by atoms with Gasteiger partial charge in [-0.05, 0) is 23.6 Å². The number of carbonyl (C=O) groups excluding carboxylic acids is 3. The number of amides is 2. The van der Waals surface area contributed by atoms with Gasteiger partial charge in [0.15, 0.2) is 6.61 Å². The lowest BCUT2D eigenvalue weighted by molar-refractivity contribution is -0.146. The van der Waals surface area contributed by atoms with Crippen LogP contribution in [0.25, 0.3) is 0 Å². The fourth-order valence-electron chi connectivity index (χ4n) is 1.72. The Kier molecular flexibility index (Phi) is 6.05. The van der Waals surface area contributed by atoms with E-state index >= 15 is 0 Å². The number of nitrogens with one attached hydrogen (secondary N) is 2. The first-order valence-corrected chi connectivity index (χ1v) is 7.74. The highest BCUT2D eigenvalue weighted by atomic mass is 32.1. The number of nitriles is 1. The zero-order chi connectivity index (χ0) is 17.4. The highest BCUT2D eigenvalue weighted by Crippen LogP contribution is 2.13. The van der Waals surface area contributed by atoms with Gasteiger partial charge in [-0.15, -0.1) is 11.3 Å². The number of para-hydroxylation sites is 1. The molecule has 0 aliphatic heterocycles. The van der Waals surface area contributed by atoms with Crippen molar-refractivity contribution < 1.29 is 19.1 Å². The molecule has 0 saturated heterocycles. The van der Waals surface area contributed by atoms with Crippen LogP contribution in [0.15, 0.2) is 41.8 Å². The average Bonchev–Trinajstić information content (AvgIpc) is 3.13. The van der Waals surface area contributed by atoms with Crippen molar-refractivity contribution in [1.29, 1.82) is 5.26 Å². The first-order chi connectivity index (χ1) is 11.6. The first-order valence-electron chi connectivity index (χ1n) is 6.86. The fourth-order valence-corrected chi connectivity index (χ4v) is 2.36. The number of ether oxygens (including phenoxy) is 1. The van der Waals surface area contributed by atoms with Crippen LogP contribution in [0.2, 0.25) is 0 Å². The molecule has 0 radical (unpaired) electrons. The van der Waals surface area contributed by atoms with Gasteiger partial charge in [-0.3, -0.25) is 14.4 Å². The van der Waals surface area contributed by atoms with E-state index in [0.29, 0.717) is 16.1 Å². The lowest BCUT2D eigenvalue weighted by atomic mass is 10.2. The van der Waals surface area contributed by atoms with Crippen LogP contribution in [0, 0.1) is 11.3 Å². The maximum absolute atomic E-state index is 11.7. The monoisotopic (exact) mass is 343 g/mol. The number of hydrogen-bond donors (Lipinski definition) is 2. The van der Waals surface area contributed by atoms with Crippen molar-refractivity contribution in [3.05, 3.63) is 52.2 Å². The Hall–Kier alpha value is -3.18. The quantitative estimate of drug-likeness (QED) is 0.773. The largest absolute Gasteiger partial charge is 0.454 e. The van der Waals surface area contributed by atoms with E-state index in [1.54, 1.807) is 41.8 Å². The maximum atomic E-state index is 11.7. The lowest BCUT2D eigenvalue weighted by Crippen LogP contribution is -2.31. The smallest absolute Gasteiger partial charge is 0.325 e. The standard InChI is InChI=1S/C16H13N3O4S/c17-8-11-4-1-2-5-12(11)19-14(20)10-23-15(21)9-18-16(22)13-6-3-7-24-13/h1-7H,9-10H2,(H,18,22)(H,19,20). The molecule has 8 heteroatoms. The van der Waals surface area contributed by atoms with Gasteiger partial charge in [0, 0.05) is 0 Å². The zero-order valence-corrected chi connectivity index (χ0v) is 13.3. The summed E-state index contributed by atoms with van der Waals surface area (Å²) in [7, 11) is 0. The highest BCUT2D eigenvalue weighted by Gasteiger charge is 2.12. The van der Waals surface area contributed by atoms with Gasteiger partial charge in [0.05, 0.1) is 16.1 Å². The van der Waals surface area contributed by atoms with Crippen LogP contribution in [-0.2, 0) is 14.3 Å². The van der Waals surface area contributed by atoms with Crippen molar-refractivity contribution in [3.8, 4) is 6.07 Å². The molecule has 2 rings (SSSR count). The number of nitrogens with zero attached hydrogens (tertiary/aromatic N) is 1. The average molecular weight is 343 g/mol. The minimum absolute atomic E-state index is 0.306. The van der Waals surface area contributed by atoms with Crippen molar-refractivity contribution in [1.82, 2.24) is 5.32 Å². The van der Waals surface area contributed by atoms with Gasteiger partial charge >= 0.3 is 5.97 Å². The van der Waals surface area contributed by atoms with Gasteiger partial charge in [-0.1, -0.05) is 18.2 Å². The molecule has 2 N–H and O–H groups in total. The van der Waals surface area contributed by atoms with Crippen LogP contribution < -0.4 is 10.6 Å². The zero-order valence-electron chi connectivity index (χ0n) is 12.4. The van der Waals surface area contributed by atoms with Crippen molar-refractivity contribution in [2.75, 3.05) is 18.5 Å². The minimum Gasteiger partial charge on any atom is -0.454 e. The van der Waals surface area contributed by atoms with Crippen molar-refractivity contribution in [3.63, 3.8) is 0 Å². The Morgan fingerprint density at radius 3 is 2.67 bits per heavy atom. The first kappa shape index (κ1) is 17.2. The second-order valence-corrected chi connectivity index (χ2v) is 5.47. The Morgan fingerprint density at radius 2 is 1.96 bits per heavy atom. The number of rotatable bonds is 6. The molecule has 1 heterocycles. The summed E-state index contributed by atoms with van der Waals surface area (Å²) in [5, 5.41) is 15.5. The normalized spacial score (nSPS) is 9.62. The molecule has 1 aromatic heterocycles. The molecule has 0 saturated carbocycles. The molecule has 0 aliphatic carbocycles. The lowest BCUT2D eigenvalue weighted by Gasteiger charge is -2.08. The van der Waals surface area contributed by atoms with Crippen molar-refractivity contribution in [2.24, 2.45) is 0 Å². The van der Waals surface area contributed by atoms with E-state index in [1.807, 2.05) is 6.07 Å². The number of esters is 1. The summed E-state index contributed by atoms with van der Waals surface area (Å²) in [6.45, 7) is -0.841. The molecule has 0 aliphatic rings. The summed E-state index contributed by atoms with van der Waals surface area (Å²) >= 11 is 1.25. The molecular weight excluding hydrogens is 330 g/mol. The van der Waals surface area contributed by atoms with E-state index in [4.69, 9.17) is 10.00 Å². The third-order valence-corrected chi connectivity index (χ3v) is 3.69. The minimum atomic E-state index is -0.733. The fraction of sp³-hybridized carbons (Fsp3) is 0.125. The van der Waals surface area contributed by atoms with E-state index in [1.165, 1.54) is 11.3 Å². The van der Waals surface area contributed by atoms with Gasteiger partial charge < -0.3 is 15.4 Å². The molecule has 7 nitrogen and oxygen atoms in total. The second kappa shape index (κ2) is 8.45. The van der Waals surface area contributed by atoms with Crippen LogP contribution in [0.3, 0.4) is 0 Å². The van der Waals surface area contributed by atoms with Gasteiger partial charge in [0.25, 0.3) is 11.8 Å². The van der Waals surface area contributed by atoms with Crippen LogP contribution >= 0.6 is 11.3 Å². The van der Waals surface area contributed by atoms with Crippen molar-refractivity contribution in [2.45, 2.75) is 0 Å². The molecule has 0 unspecified atom stereocenters. The van der Waals surface area contributed by atoms with Crippen LogP contribution in [0.1, 0.15) is 15.2 Å². The number of anilines is 1. The highest BCUT2D eigenvalue weighted by molar-refractivity contribution is 7.12. The number of carbonyl (C=O) groups is 3. The number of benzene rings is 1. The summed E-state index contributed by atoms with van der Waals surface area (Å²) in [6.07, 6.45) is 0. The molecule has 2 aromatic rings. The third-order valence-electron chi connectivity index (χ3n) is 2.82. The van der Waals surface area contributed by atoms with Crippen LogP contribution in [0.5, 0.6) is 0 Å². The summed E-state index contributed by atoms with van der Waals surface area (Å²) in [4.78, 5) is 35.4. The summed E-state index contributed by atoms with van der Waals surface area (Å²) in [5.41, 5.74) is 0.646. The van der Waals surface area contributed by atoms with Gasteiger partial charge in [0.1, 0.15) is 12.6 Å². The molecular formula is C16H13N3O4S. The van der Waals surface area contributed by atoms with E-state index < -0.39 is 18.5 Å². The molecule has 0 fully saturated rings. The van der Waals surface area contributed by atoms with E-state index in [9.17, 15) is 14.4 Å². The van der Waals surface area contributed by atoms with Crippen LogP contribution in [0.4, 0.5) is 5.69 Å². The predicted octanol–water partition coefficient (Wildman–Crippen LogP) is 1.53. The Labute approximate surface area is 141 Å². The topological polar surface area (TPSA) is 108 Å². The Bertz CT molecular complexity index is 781. The number of hydrogen-bond acceptors (Lipinski definition) is 6. The maximum Gasteiger partial charge on any atom is 0.325 e. The van der Waals surface area contributed by atoms with Gasteiger partial charge in [-0.2, -0.15) is 5.26 Å². The SMILES string of the molecule is N#Cc1ccccc1NC(=O)COC(=O)CNC(=O)c1cccs1. The van der Waals surface area contributed by atoms with E-state index in [2.05, 4.69) is 10.6 Å². The van der Waals surface area contributed by atoms with Gasteiger partial charge in [0.2, 0.25) is 0 Å². The predicted molar refractivity (Wildman–Crippen MR) is 87.4 cm³/mol. The molecule has 0 bridgehead atoms. The summed E-state index contributed by atoms with van der Waals surface area (Å²) in [5.74, 6) is -1.69. The van der Waals surface area contributed by atoms with E-state index in [-0.39, 0.29) is 12.5 Å². The number of thiophene rings is 1. The Balaban J connectivity index is 1.74. The van der Waals surface area contributed by atoms with Gasteiger partial charge in [-0.25, -0.2) is 0 Å². The molecule has 2 amide bonds. The molecule has 0 spiro atoms. The molecule has 24 heavy (non-hydrogen) atoms. The second-order valence-electron chi connectivity index (χ2n) is 4.53. The molecule has 0 atom stereocenters. The van der Waals surface area contributed by atoms with Crippen molar-refractivity contribution >= 4 is 34.8 Å². The Morgan fingerprint density at radius 1 is 1.17 bits per heavy atom. The van der Waals surface area contributed by atoms with Crippen LogP contribution in [-0.4, -0.2) is 30.9 Å². The summed E-state index contributed by atoms with van der Waals surface area (Å²) < 4.78 is 4.77. The molecule has 122 valence electrons. The molecule has 1 aromatic carbocycles. The third kappa shape index (κ3) is 4.93.